The van der Waals surface area contributed by atoms with Gasteiger partial charge in [0.1, 0.15) is 23.0 Å². The SMILES string of the molecule is COc1ccc(C2=N/C(=C/c3ccc4c(c3)OCO4)C(=O)N2c2ccc(O)cc2)cc1. The summed E-state index contributed by atoms with van der Waals surface area (Å²) in [7, 11) is 1.60. The van der Waals surface area contributed by atoms with Gasteiger partial charge in [-0.2, -0.15) is 0 Å². The lowest BCUT2D eigenvalue weighted by molar-refractivity contribution is -0.113. The van der Waals surface area contributed by atoms with E-state index in [0.29, 0.717) is 28.8 Å². The van der Waals surface area contributed by atoms with E-state index in [9.17, 15) is 9.90 Å². The number of phenolic OH excluding ortho intramolecular Hbond substituents is 1. The van der Waals surface area contributed by atoms with Crippen molar-refractivity contribution in [1.82, 2.24) is 0 Å². The molecule has 0 bridgehead atoms. The Morgan fingerprint density at radius 1 is 1.00 bits per heavy atom. The van der Waals surface area contributed by atoms with Gasteiger partial charge in [0, 0.05) is 5.56 Å². The van der Waals surface area contributed by atoms with Gasteiger partial charge in [0.2, 0.25) is 6.79 Å². The number of carbonyl (C=O) groups is 1. The van der Waals surface area contributed by atoms with Gasteiger partial charge >= 0.3 is 0 Å². The van der Waals surface area contributed by atoms with Crippen LogP contribution in [-0.4, -0.2) is 30.8 Å². The smallest absolute Gasteiger partial charge is 0.282 e. The Morgan fingerprint density at radius 3 is 2.48 bits per heavy atom. The van der Waals surface area contributed by atoms with E-state index in [0.717, 1.165) is 11.1 Å². The number of amidine groups is 1. The van der Waals surface area contributed by atoms with Gasteiger partial charge < -0.3 is 19.3 Å². The van der Waals surface area contributed by atoms with E-state index in [4.69, 9.17) is 14.2 Å². The van der Waals surface area contributed by atoms with Crippen molar-refractivity contribution in [3.05, 3.63) is 83.6 Å². The molecule has 7 heteroatoms. The third-order valence-electron chi connectivity index (χ3n) is 5.02. The predicted molar refractivity (Wildman–Crippen MR) is 116 cm³/mol. The van der Waals surface area contributed by atoms with Crippen molar-refractivity contribution >= 4 is 23.5 Å². The molecule has 0 spiro atoms. The molecular weight excluding hydrogens is 396 g/mol. The van der Waals surface area contributed by atoms with Crippen LogP contribution in [-0.2, 0) is 4.79 Å². The second-order valence-electron chi connectivity index (χ2n) is 6.96. The van der Waals surface area contributed by atoms with Crippen molar-refractivity contribution in [2.24, 2.45) is 4.99 Å². The number of phenols is 1. The Bertz CT molecular complexity index is 1210. The number of rotatable bonds is 4. The molecule has 3 aromatic rings. The molecule has 7 nitrogen and oxygen atoms in total. The first-order chi connectivity index (χ1) is 15.1. The molecule has 1 amide bonds. The summed E-state index contributed by atoms with van der Waals surface area (Å²) in [4.78, 5) is 19.5. The summed E-state index contributed by atoms with van der Waals surface area (Å²) < 4.78 is 16.0. The molecule has 2 aliphatic rings. The van der Waals surface area contributed by atoms with Crippen LogP contribution in [0, 0.1) is 0 Å². The first kappa shape index (κ1) is 18.7. The van der Waals surface area contributed by atoms with Crippen LogP contribution in [0.2, 0.25) is 0 Å². The highest BCUT2D eigenvalue weighted by molar-refractivity contribution is 6.33. The first-order valence-corrected chi connectivity index (χ1v) is 9.60. The summed E-state index contributed by atoms with van der Waals surface area (Å²) in [5, 5.41) is 9.65. The van der Waals surface area contributed by atoms with Crippen LogP contribution in [0.25, 0.3) is 6.08 Å². The van der Waals surface area contributed by atoms with Gasteiger partial charge in [-0.15, -0.1) is 0 Å². The number of aromatic hydroxyl groups is 1. The fourth-order valence-corrected chi connectivity index (χ4v) is 3.45. The molecule has 3 aromatic carbocycles. The van der Waals surface area contributed by atoms with E-state index in [1.165, 1.54) is 17.0 Å². The molecule has 0 radical (unpaired) electrons. The standard InChI is InChI=1S/C24H18N2O5/c1-29-19-9-3-16(4-10-19)23-25-20(12-15-2-11-21-22(13-15)31-14-30-21)24(28)26(23)17-5-7-18(27)8-6-17/h2-13,27H,14H2,1H3/b20-12+. The molecule has 0 saturated carbocycles. The van der Waals surface area contributed by atoms with Crippen LogP contribution < -0.4 is 19.1 Å². The Balaban J connectivity index is 1.58. The number of nitrogens with zero attached hydrogens (tertiary/aromatic N) is 2. The molecule has 0 aromatic heterocycles. The second-order valence-corrected chi connectivity index (χ2v) is 6.96. The number of hydrogen-bond donors (Lipinski definition) is 1. The number of ether oxygens (including phenoxy) is 3. The molecule has 5 rings (SSSR count). The fourth-order valence-electron chi connectivity index (χ4n) is 3.45. The number of methoxy groups -OCH3 is 1. The maximum absolute atomic E-state index is 13.3. The van der Waals surface area contributed by atoms with Crippen LogP contribution in [0.15, 0.2) is 77.4 Å². The zero-order valence-electron chi connectivity index (χ0n) is 16.6. The summed E-state index contributed by atoms with van der Waals surface area (Å²) in [5.74, 6) is 2.36. The van der Waals surface area contributed by atoms with E-state index in [2.05, 4.69) is 4.99 Å². The summed E-state index contributed by atoms with van der Waals surface area (Å²) in [6.07, 6.45) is 1.72. The third-order valence-corrected chi connectivity index (χ3v) is 5.02. The fraction of sp³-hybridized carbons (Fsp3) is 0.0833. The number of amides is 1. The van der Waals surface area contributed by atoms with Gasteiger partial charge in [-0.05, 0) is 72.3 Å². The third kappa shape index (κ3) is 3.46. The maximum atomic E-state index is 13.3. The minimum atomic E-state index is -0.269. The lowest BCUT2D eigenvalue weighted by Gasteiger charge is -2.18. The van der Waals surface area contributed by atoms with Gasteiger partial charge in [0.25, 0.3) is 5.91 Å². The van der Waals surface area contributed by atoms with Crippen molar-refractivity contribution < 1.29 is 24.1 Å². The Hall–Kier alpha value is -4.26. The molecule has 154 valence electrons. The number of fused-ring (bicyclic) bond motifs is 1. The van der Waals surface area contributed by atoms with E-state index in [1.54, 1.807) is 31.4 Å². The molecule has 2 heterocycles. The van der Waals surface area contributed by atoms with Crippen molar-refractivity contribution in [3.8, 4) is 23.0 Å². The molecule has 0 unspecified atom stereocenters. The highest BCUT2D eigenvalue weighted by atomic mass is 16.7. The van der Waals surface area contributed by atoms with E-state index in [-0.39, 0.29) is 24.1 Å². The second kappa shape index (κ2) is 7.53. The van der Waals surface area contributed by atoms with Crippen LogP contribution in [0.5, 0.6) is 23.0 Å². The largest absolute Gasteiger partial charge is 0.508 e. The molecule has 0 saturated heterocycles. The number of aliphatic imine (C=N–C) groups is 1. The van der Waals surface area contributed by atoms with Crippen LogP contribution in [0.1, 0.15) is 11.1 Å². The average Bonchev–Trinajstić information content (AvgIpc) is 3.39. The summed E-state index contributed by atoms with van der Waals surface area (Å²) in [5.41, 5.74) is 2.43. The van der Waals surface area contributed by atoms with Gasteiger partial charge in [-0.1, -0.05) is 6.07 Å². The minimum Gasteiger partial charge on any atom is -0.508 e. The van der Waals surface area contributed by atoms with Gasteiger partial charge in [0.05, 0.1) is 12.8 Å². The van der Waals surface area contributed by atoms with E-state index < -0.39 is 0 Å². The number of benzene rings is 3. The Kier molecular flexibility index (Phi) is 4.55. The number of anilines is 1. The lowest BCUT2D eigenvalue weighted by Crippen LogP contribution is -2.32. The average molecular weight is 414 g/mol. The van der Waals surface area contributed by atoms with Crippen molar-refractivity contribution in [2.75, 3.05) is 18.8 Å². The summed E-state index contributed by atoms with van der Waals surface area (Å²) >= 11 is 0. The molecule has 31 heavy (non-hydrogen) atoms. The minimum absolute atomic E-state index is 0.120. The molecule has 0 aliphatic carbocycles. The molecule has 0 fully saturated rings. The van der Waals surface area contributed by atoms with Crippen LogP contribution >= 0.6 is 0 Å². The quantitative estimate of drug-likeness (QED) is 0.654. The topological polar surface area (TPSA) is 80.6 Å². The highest BCUT2D eigenvalue weighted by Gasteiger charge is 2.32. The number of carbonyl (C=O) groups excluding carboxylic acids is 1. The zero-order chi connectivity index (χ0) is 21.4. The molecule has 0 atom stereocenters. The van der Waals surface area contributed by atoms with Crippen molar-refractivity contribution in [3.63, 3.8) is 0 Å². The van der Waals surface area contributed by atoms with Gasteiger partial charge in [-0.3, -0.25) is 9.69 Å². The zero-order valence-corrected chi connectivity index (χ0v) is 16.6. The van der Waals surface area contributed by atoms with E-state index in [1.807, 2.05) is 36.4 Å². The molecule has 2 aliphatic heterocycles. The predicted octanol–water partition coefficient (Wildman–Crippen LogP) is 3.96. The van der Waals surface area contributed by atoms with Crippen molar-refractivity contribution in [2.45, 2.75) is 0 Å². The van der Waals surface area contributed by atoms with Crippen LogP contribution in [0.4, 0.5) is 5.69 Å². The summed E-state index contributed by atoms with van der Waals surface area (Å²) in [6, 6.07) is 19.2. The first-order valence-electron chi connectivity index (χ1n) is 9.60. The Morgan fingerprint density at radius 2 is 1.74 bits per heavy atom. The van der Waals surface area contributed by atoms with Gasteiger partial charge in [-0.25, -0.2) is 4.99 Å². The Labute approximate surface area is 178 Å². The normalized spacial score (nSPS) is 16.0. The summed E-state index contributed by atoms with van der Waals surface area (Å²) in [6.45, 7) is 0.183. The van der Waals surface area contributed by atoms with Gasteiger partial charge in [0.15, 0.2) is 11.5 Å². The molecular formula is C24H18N2O5. The maximum Gasteiger partial charge on any atom is 0.282 e. The monoisotopic (exact) mass is 414 g/mol. The highest BCUT2D eigenvalue weighted by Crippen LogP contribution is 2.34. The number of hydrogen-bond acceptors (Lipinski definition) is 6. The lowest BCUT2D eigenvalue weighted by atomic mass is 10.1. The van der Waals surface area contributed by atoms with Crippen LogP contribution in [0.3, 0.4) is 0 Å². The molecule has 1 N–H and O–H groups in total. The van der Waals surface area contributed by atoms with E-state index >= 15 is 0 Å². The van der Waals surface area contributed by atoms with Crippen molar-refractivity contribution in [1.29, 1.82) is 0 Å².